The highest BCUT2D eigenvalue weighted by molar-refractivity contribution is 9.10. The van der Waals surface area contributed by atoms with Gasteiger partial charge in [-0.2, -0.15) is 5.10 Å². The predicted octanol–water partition coefficient (Wildman–Crippen LogP) is 2.63. The van der Waals surface area contributed by atoms with Gasteiger partial charge in [0.05, 0.1) is 16.7 Å². The standard InChI is InChI=1S/C12H13BrFN3/c1-15-12(9-6-16-17(2)7-9)8-3-4-11(14)10(13)5-8/h3-7,12,15H,1-2H3. The van der Waals surface area contributed by atoms with E-state index in [9.17, 15) is 4.39 Å². The number of benzene rings is 1. The molecule has 1 aromatic heterocycles. The van der Waals surface area contributed by atoms with E-state index in [-0.39, 0.29) is 11.9 Å². The molecular formula is C12H13BrFN3. The van der Waals surface area contributed by atoms with Crippen LogP contribution in [-0.4, -0.2) is 16.8 Å². The van der Waals surface area contributed by atoms with E-state index in [0.717, 1.165) is 11.1 Å². The molecule has 1 N–H and O–H groups in total. The third-order valence-electron chi connectivity index (χ3n) is 2.62. The summed E-state index contributed by atoms with van der Waals surface area (Å²) in [6.07, 6.45) is 3.75. The Morgan fingerprint density at radius 2 is 2.18 bits per heavy atom. The Balaban J connectivity index is 2.38. The number of nitrogens with one attached hydrogen (secondary N) is 1. The maximum Gasteiger partial charge on any atom is 0.137 e. The molecular weight excluding hydrogens is 285 g/mol. The molecule has 0 aliphatic carbocycles. The molecule has 0 aliphatic rings. The summed E-state index contributed by atoms with van der Waals surface area (Å²) in [5.41, 5.74) is 2.04. The molecule has 0 amide bonds. The van der Waals surface area contributed by atoms with Gasteiger partial charge in [0.2, 0.25) is 0 Å². The molecule has 5 heteroatoms. The van der Waals surface area contributed by atoms with E-state index >= 15 is 0 Å². The average Bonchev–Trinajstić information content (AvgIpc) is 2.71. The Hall–Kier alpha value is -1.20. The molecule has 0 spiro atoms. The first-order valence-corrected chi connectivity index (χ1v) is 6.02. The van der Waals surface area contributed by atoms with Gasteiger partial charge in [0, 0.05) is 18.8 Å². The SMILES string of the molecule is CNC(c1ccc(F)c(Br)c1)c1cnn(C)c1. The Bertz CT molecular complexity index is 524. The maximum atomic E-state index is 13.2. The van der Waals surface area contributed by atoms with Crippen molar-refractivity contribution in [3.05, 3.63) is 52.0 Å². The lowest BCUT2D eigenvalue weighted by atomic mass is 10.0. The molecule has 3 nitrogen and oxygen atoms in total. The highest BCUT2D eigenvalue weighted by atomic mass is 79.9. The van der Waals surface area contributed by atoms with Gasteiger partial charge in [0.25, 0.3) is 0 Å². The van der Waals surface area contributed by atoms with Crippen molar-refractivity contribution in [1.82, 2.24) is 15.1 Å². The Kier molecular flexibility index (Phi) is 3.59. The summed E-state index contributed by atoms with van der Waals surface area (Å²) < 4.78 is 15.4. The van der Waals surface area contributed by atoms with Gasteiger partial charge in [-0.25, -0.2) is 4.39 Å². The molecule has 1 aromatic carbocycles. The van der Waals surface area contributed by atoms with Crippen LogP contribution in [0.5, 0.6) is 0 Å². The lowest BCUT2D eigenvalue weighted by molar-refractivity contribution is 0.616. The zero-order chi connectivity index (χ0) is 12.4. The van der Waals surface area contributed by atoms with Crippen LogP contribution in [0.4, 0.5) is 4.39 Å². The van der Waals surface area contributed by atoms with Crippen LogP contribution in [0.15, 0.2) is 35.1 Å². The third kappa shape index (κ3) is 2.56. The van der Waals surface area contributed by atoms with Crippen molar-refractivity contribution < 1.29 is 4.39 Å². The molecule has 0 fully saturated rings. The van der Waals surface area contributed by atoms with E-state index < -0.39 is 0 Å². The van der Waals surface area contributed by atoms with Gasteiger partial charge in [0.1, 0.15) is 5.82 Å². The van der Waals surface area contributed by atoms with E-state index in [1.54, 1.807) is 23.0 Å². The average molecular weight is 298 g/mol. The smallest absolute Gasteiger partial charge is 0.137 e. The Morgan fingerprint density at radius 1 is 1.41 bits per heavy atom. The number of rotatable bonds is 3. The zero-order valence-electron chi connectivity index (χ0n) is 9.61. The number of nitrogens with zero attached hydrogens (tertiary/aromatic N) is 2. The highest BCUT2D eigenvalue weighted by Crippen LogP contribution is 2.25. The lowest BCUT2D eigenvalue weighted by Gasteiger charge is -2.15. The van der Waals surface area contributed by atoms with Crippen LogP contribution in [0, 0.1) is 5.82 Å². The summed E-state index contributed by atoms with van der Waals surface area (Å²) in [5, 5.41) is 7.34. The van der Waals surface area contributed by atoms with E-state index in [0.29, 0.717) is 4.47 Å². The molecule has 1 unspecified atom stereocenters. The van der Waals surface area contributed by atoms with Crippen LogP contribution < -0.4 is 5.32 Å². The second kappa shape index (κ2) is 4.98. The molecule has 1 heterocycles. The number of hydrogen-bond acceptors (Lipinski definition) is 2. The normalized spacial score (nSPS) is 12.7. The number of hydrogen-bond donors (Lipinski definition) is 1. The minimum absolute atomic E-state index is 0.0144. The minimum Gasteiger partial charge on any atom is -0.309 e. The summed E-state index contributed by atoms with van der Waals surface area (Å²) in [5.74, 6) is -0.255. The molecule has 0 radical (unpaired) electrons. The Labute approximate surface area is 108 Å². The van der Waals surface area contributed by atoms with Gasteiger partial charge in [-0.1, -0.05) is 6.07 Å². The molecule has 2 rings (SSSR count). The van der Waals surface area contributed by atoms with Crippen LogP contribution in [0.2, 0.25) is 0 Å². The maximum absolute atomic E-state index is 13.2. The minimum atomic E-state index is -0.255. The Morgan fingerprint density at radius 3 is 2.71 bits per heavy atom. The van der Waals surface area contributed by atoms with Gasteiger partial charge in [0.15, 0.2) is 0 Å². The molecule has 0 saturated carbocycles. The number of aromatic nitrogens is 2. The summed E-state index contributed by atoms with van der Waals surface area (Å²) in [7, 11) is 3.74. The molecule has 17 heavy (non-hydrogen) atoms. The van der Waals surface area contributed by atoms with Gasteiger partial charge < -0.3 is 5.32 Å². The number of aryl methyl sites for hydroxylation is 1. The predicted molar refractivity (Wildman–Crippen MR) is 68.2 cm³/mol. The molecule has 90 valence electrons. The van der Waals surface area contributed by atoms with Gasteiger partial charge in [-0.15, -0.1) is 0 Å². The van der Waals surface area contributed by atoms with Gasteiger partial charge in [-0.05, 0) is 40.7 Å². The molecule has 2 aromatic rings. The third-order valence-corrected chi connectivity index (χ3v) is 3.23. The summed E-state index contributed by atoms with van der Waals surface area (Å²) in [4.78, 5) is 0. The van der Waals surface area contributed by atoms with E-state index in [1.807, 2.05) is 20.3 Å². The van der Waals surface area contributed by atoms with Gasteiger partial charge >= 0.3 is 0 Å². The van der Waals surface area contributed by atoms with Crippen molar-refractivity contribution in [2.75, 3.05) is 7.05 Å². The van der Waals surface area contributed by atoms with Crippen molar-refractivity contribution in [2.45, 2.75) is 6.04 Å². The van der Waals surface area contributed by atoms with Gasteiger partial charge in [-0.3, -0.25) is 4.68 Å². The summed E-state index contributed by atoms with van der Waals surface area (Å²) in [6, 6.07) is 5.03. The first kappa shape index (κ1) is 12.3. The van der Waals surface area contributed by atoms with Crippen LogP contribution in [-0.2, 0) is 7.05 Å². The summed E-state index contributed by atoms with van der Waals surface area (Å²) >= 11 is 3.20. The zero-order valence-corrected chi connectivity index (χ0v) is 11.2. The fourth-order valence-corrected chi connectivity index (χ4v) is 2.20. The molecule has 1 atom stereocenters. The van der Waals surface area contributed by atoms with E-state index in [1.165, 1.54) is 6.07 Å². The van der Waals surface area contributed by atoms with E-state index in [4.69, 9.17) is 0 Å². The second-order valence-corrected chi connectivity index (χ2v) is 4.70. The molecule has 0 saturated heterocycles. The largest absolute Gasteiger partial charge is 0.309 e. The van der Waals surface area contributed by atoms with E-state index in [2.05, 4.69) is 26.3 Å². The van der Waals surface area contributed by atoms with Crippen LogP contribution in [0.3, 0.4) is 0 Å². The fraction of sp³-hybridized carbons (Fsp3) is 0.250. The van der Waals surface area contributed by atoms with Crippen molar-refractivity contribution in [3.8, 4) is 0 Å². The van der Waals surface area contributed by atoms with Crippen LogP contribution >= 0.6 is 15.9 Å². The highest BCUT2D eigenvalue weighted by Gasteiger charge is 2.14. The second-order valence-electron chi connectivity index (χ2n) is 3.84. The summed E-state index contributed by atoms with van der Waals surface area (Å²) in [6.45, 7) is 0. The van der Waals surface area contributed by atoms with Crippen molar-refractivity contribution in [3.63, 3.8) is 0 Å². The van der Waals surface area contributed by atoms with Crippen molar-refractivity contribution in [1.29, 1.82) is 0 Å². The quantitative estimate of drug-likeness (QED) is 0.944. The van der Waals surface area contributed by atoms with Crippen molar-refractivity contribution in [2.24, 2.45) is 7.05 Å². The number of halogens is 2. The molecule has 0 bridgehead atoms. The first-order valence-electron chi connectivity index (χ1n) is 5.22. The van der Waals surface area contributed by atoms with Crippen LogP contribution in [0.1, 0.15) is 17.2 Å². The lowest BCUT2D eigenvalue weighted by Crippen LogP contribution is -2.17. The monoisotopic (exact) mass is 297 g/mol. The fourth-order valence-electron chi connectivity index (χ4n) is 1.81. The topological polar surface area (TPSA) is 29.9 Å². The van der Waals surface area contributed by atoms with Crippen LogP contribution in [0.25, 0.3) is 0 Å². The molecule has 0 aliphatic heterocycles. The van der Waals surface area contributed by atoms with Crippen molar-refractivity contribution >= 4 is 15.9 Å². The first-order chi connectivity index (χ1) is 8.11.